The number of nitrogens with zero attached hydrogens (tertiary/aromatic N) is 1. The molecule has 0 fully saturated rings. The van der Waals surface area contributed by atoms with Gasteiger partial charge in [0.1, 0.15) is 0 Å². The molecule has 5 N–H and O–H groups in total. The molecule has 0 spiro atoms. The van der Waals surface area contributed by atoms with E-state index in [1.807, 2.05) is 54.7 Å². The number of anilines is 2. The lowest BCUT2D eigenvalue weighted by Crippen LogP contribution is -2.63. The number of nitrogens with two attached hydrogens (primary N) is 2. The zero-order valence-electron chi connectivity index (χ0n) is 21.2. The number of benzene rings is 2. The molecule has 2 aromatic carbocycles. The van der Waals surface area contributed by atoms with Crippen molar-refractivity contribution in [1.29, 1.82) is 0 Å². The summed E-state index contributed by atoms with van der Waals surface area (Å²) in [4.78, 5) is 3.19. The molecule has 0 aliphatic carbocycles. The van der Waals surface area contributed by atoms with Crippen LogP contribution in [-0.2, 0) is 34.8 Å². The molecule has 200 valence electrons. The molecule has 3 atom stereocenters. The number of quaternary nitrogens is 1. The average molecular weight is 523 g/mol. The van der Waals surface area contributed by atoms with Crippen molar-refractivity contribution < 1.29 is 37.9 Å². The van der Waals surface area contributed by atoms with E-state index in [1.165, 1.54) is 12.5 Å². The first-order valence-electron chi connectivity index (χ1n) is 12.7. The van der Waals surface area contributed by atoms with Gasteiger partial charge in [0, 0.05) is 30.6 Å². The van der Waals surface area contributed by atoms with E-state index in [0.717, 1.165) is 42.7 Å². The van der Waals surface area contributed by atoms with Crippen molar-refractivity contribution in [2.75, 3.05) is 37.8 Å². The molecular weight excluding hydrogens is 488 g/mol. The molecule has 0 bridgehead atoms. The molecule has 0 aromatic heterocycles. The Balaban J connectivity index is 0.986. The smallest absolute Gasteiger partial charge is 0.335 e. The monoisotopic (exact) mass is 522 g/mol. The molecule has 10 nitrogen and oxygen atoms in total. The van der Waals surface area contributed by atoms with E-state index < -0.39 is 12.6 Å². The summed E-state index contributed by atoms with van der Waals surface area (Å²) in [7, 11) is 0. The Morgan fingerprint density at radius 1 is 0.816 bits per heavy atom. The molecule has 2 aromatic rings. The molecule has 3 heterocycles. The fourth-order valence-corrected chi connectivity index (χ4v) is 4.46. The van der Waals surface area contributed by atoms with Gasteiger partial charge in [-0.15, -0.1) is 0 Å². The number of hydrogen-bond donors (Lipinski definition) is 3. The Labute approximate surface area is 221 Å². The van der Waals surface area contributed by atoms with Crippen LogP contribution in [0.3, 0.4) is 0 Å². The molecule has 0 amide bonds. The molecule has 3 aliphatic rings. The van der Waals surface area contributed by atoms with E-state index in [4.69, 9.17) is 39.9 Å². The maximum atomic E-state index is 6.01. The van der Waals surface area contributed by atoms with Gasteiger partial charge in [-0.05, 0) is 23.8 Å². The largest absolute Gasteiger partial charge is 0.463 e. The highest BCUT2D eigenvalue weighted by Crippen LogP contribution is 2.32. The topological polar surface area (TPSA) is 121 Å². The first-order valence-corrected chi connectivity index (χ1v) is 12.7. The third-order valence-corrected chi connectivity index (χ3v) is 6.49. The summed E-state index contributed by atoms with van der Waals surface area (Å²) in [5, 5.41) is 0. The number of ether oxygens (including phenoxy) is 6. The van der Waals surface area contributed by atoms with Gasteiger partial charge in [0.05, 0.1) is 31.9 Å². The second kappa shape index (κ2) is 11.8. The van der Waals surface area contributed by atoms with Crippen molar-refractivity contribution >= 4 is 17.7 Å². The summed E-state index contributed by atoms with van der Waals surface area (Å²) in [5.41, 5.74) is 15.1. The van der Waals surface area contributed by atoms with Crippen LogP contribution in [0.5, 0.6) is 0 Å². The Bertz CT molecular complexity index is 1220. The van der Waals surface area contributed by atoms with Gasteiger partial charge in [-0.2, -0.15) is 4.99 Å². The Morgan fingerprint density at radius 2 is 1.50 bits per heavy atom. The average Bonchev–Trinajstić information content (AvgIpc) is 3.69. The highest BCUT2D eigenvalue weighted by molar-refractivity contribution is 5.47. The van der Waals surface area contributed by atoms with Crippen molar-refractivity contribution in [3.05, 3.63) is 96.5 Å². The van der Waals surface area contributed by atoms with Gasteiger partial charge in [-0.25, -0.2) is 4.48 Å². The van der Waals surface area contributed by atoms with Crippen molar-refractivity contribution in [2.24, 2.45) is 0 Å². The fraction of sp³-hybridized carbons (Fsp3) is 0.321. The van der Waals surface area contributed by atoms with Gasteiger partial charge < -0.3 is 39.9 Å². The fourth-order valence-electron chi connectivity index (χ4n) is 4.46. The Kier molecular flexibility index (Phi) is 7.89. The SMILES string of the molecule is Nc1ccccc1CC1OC=C(OCCC[N+]2(CCCOC3=COC(c4ccccc4N)O3)C=C[NH+]=C2)O1. The lowest BCUT2D eigenvalue weighted by atomic mass is 10.1. The van der Waals surface area contributed by atoms with E-state index >= 15 is 0 Å². The van der Waals surface area contributed by atoms with Gasteiger partial charge in [-0.3, -0.25) is 0 Å². The highest BCUT2D eigenvalue weighted by atomic mass is 16.8. The lowest BCUT2D eigenvalue weighted by Gasteiger charge is -2.24. The van der Waals surface area contributed by atoms with Crippen molar-refractivity contribution in [1.82, 2.24) is 0 Å². The molecule has 38 heavy (non-hydrogen) atoms. The van der Waals surface area contributed by atoms with Gasteiger partial charge in [0.2, 0.25) is 12.5 Å². The predicted molar refractivity (Wildman–Crippen MR) is 140 cm³/mol. The lowest BCUT2D eigenvalue weighted by molar-refractivity contribution is -0.789. The maximum absolute atomic E-state index is 6.01. The molecule has 0 saturated carbocycles. The van der Waals surface area contributed by atoms with Gasteiger partial charge in [0.25, 0.3) is 6.29 Å². The molecule has 10 heteroatoms. The third-order valence-electron chi connectivity index (χ3n) is 6.49. The van der Waals surface area contributed by atoms with Crippen molar-refractivity contribution in [3.8, 4) is 0 Å². The van der Waals surface area contributed by atoms with Crippen molar-refractivity contribution in [3.63, 3.8) is 0 Å². The second-order valence-electron chi connectivity index (χ2n) is 9.24. The van der Waals surface area contributed by atoms with Crippen LogP contribution in [0.25, 0.3) is 0 Å². The van der Waals surface area contributed by atoms with Gasteiger partial charge in [-0.1, -0.05) is 30.3 Å². The summed E-state index contributed by atoms with van der Waals surface area (Å²) < 4.78 is 34.9. The zero-order valence-corrected chi connectivity index (χ0v) is 21.2. The zero-order chi connectivity index (χ0) is 26.2. The quantitative estimate of drug-likeness (QED) is 0.208. The molecule has 0 radical (unpaired) electrons. The molecule has 3 unspecified atom stereocenters. The maximum Gasteiger partial charge on any atom is 0.335 e. The summed E-state index contributed by atoms with van der Waals surface area (Å²) in [5.74, 6) is 0.753. The second-order valence-corrected chi connectivity index (χ2v) is 9.24. The minimum Gasteiger partial charge on any atom is -0.463 e. The van der Waals surface area contributed by atoms with E-state index in [0.29, 0.717) is 41.7 Å². The molecule has 3 aliphatic heterocycles. The van der Waals surface area contributed by atoms with Crippen LogP contribution in [0.1, 0.15) is 30.3 Å². The van der Waals surface area contributed by atoms with Crippen LogP contribution in [-0.4, -0.2) is 43.4 Å². The van der Waals surface area contributed by atoms with Crippen LogP contribution in [0, 0.1) is 0 Å². The number of nitrogens with one attached hydrogen (secondary N) is 1. The third kappa shape index (κ3) is 6.33. The minimum absolute atomic E-state index is 0.359. The number of rotatable bonds is 13. The van der Waals surface area contributed by atoms with Crippen molar-refractivity contribution in [2.45, 2.75) is 31.8 Å². The minimum atomic E-state index is -0.584. The van der Waals surface area contributed by atoms with E-state index in [1.54, 1.807) is 0 Å². The van der Waals surface area contributed by atoms with Crippen LogP contribution < -0.4 is 16.5 Å². The summed E-state index contributed by atoms with van der Waals surface area (Å²) in [6.07, 6.45) is 10.3. The first kappa shape index (κ1) is 25.3. The normalized spacial score (nSPS) is 23.2. The van der Waals surface area contributed by atoms with E-state index in [2.05, 4.69) is 17.5 Å². The van der Waals surface area contributed by atoms with Gasteiger partial charge >= 0.3 is 18.2 Å². The standard InChI is InChI=1S/C28H33N4O6/c29-23-9-3-1-7-21(23)17-25-35-18-26(37-25)33-15-5-12-32(14-11-31-20-32)13-6-16-34-27-19-36-28(38-27)22-8-2-4-10-24(22)30/h1-4,7-11,14,18-20,25,28H,5-6,12-13,15-17,29-30H2/q+1/p+1. The first-order chi connectivity index (χ1) is 18.6. The van der Waals surface area contributed by atoms with Crippen LogP contribution >= 0.6 is 0 Å². The molecule has 5 rings (SSSR count). The number of nitrogen functional groups attached to an aromatic ring is 2. The summed E-state index contributed by atoms with van der Waals surface area (Å²) in [6, 6.07) is 15.1. The van der Waals surface area contributed by atoms with E-state index in [9.17, 15) is 0 Å². The van der Waals surface area contributed by atoms with Crippen LogP contribution in [0.15, 0.2) is 85.3 Å². The molecular formula is C28H34N4O6+2. The predicted octanol–water partition coefficient (Wildman–Crippen LogP) is 2.33. The Morgan fingerprint density at radius 3 is 2.21 bits per heavy atom. The van der Waals surface area contributed by atoms with Crippen LogP contribution in [0.4, 0.5) is 11.4 Å². The number of para-hydroxylation sites is 2. The summed E-state index contributed by atoms with van der Waals surface area (Å²) >= 11 is 0. The Hall–Kier alpha value is -4.31. The van der Waals surface area contributed by atoms with Crippen LogP contribution in [0.2, 0.25) is 0 Å². The summed E-state index contributed by atoms with van der Waals surface area (Å²) in [6.45, 7) is 2.72. The number of hydrogen-bond acceptors (Lipinski definition) is 8. The van der Waals surface area contributed by atoms with Gasteiger partial charge in [0.15, 0.2) is 18.7 Å². The molecule has 0 saturated heterocycles. The van der Waals surface area contributed by atoms with E-state index in [-0.39, 0.29) is 0 Å². The highest BCUT2D eigenvalue weighted by Gasteiger charge is 2.30.